The fourth-order valence-corrected chi connectivity index (χ4v) is 0. The molecule has 0 saturated heterocycles. The Morgan fingerprint density at radius 3 is 1.71 bits per heavy atom. The van der Waals surface area contributed by atoms with Gasteiger partial charge < -0.3 is 12.3 Å². The summed E-state index contributed by atoms with van der Waals surface area (Å²) in [5.41, 5.74) is 0. The fraction of sp³-hybridized carbons (Fsp3) is 0. The van der Waals surface area contributed by atoms with Gasteiger partial charge in [0.15, 0.2) is 0 Å². The van der Waals surface area contributed by atoms with E-state index in [1.54, 1.807) is 0 Å². The molecule has 0 spiro atoms. The molecule has 4 heteroatoms. The fourth-order valence-electron chi connectivity index (χ4n) is 0. The Morgan fingerprint density at radius 2 is 1.71 bits per heavy atom. The second-order valence-electron chi connectivity index (χ2n) is 0.272. The molecule has 42 valence electrons. The minimum absolute atomic E-state index is 0. The number of hydrogen-bond acceptors (Lipinski definition) is 2. The van der Waals surface area contributed by atoms with Crippen LogP contribution in [0.4, 0.5) is 0 Å². The number of hydrogen-bond donors (Lipinski definition) is 1. The van der Waals surface area contributed by atoms with Gasteiger partial charge in [0.2, 0.25) is 0 Å². The molecule has 0 fully saturated rings. The van der Waals surface area contributed by atoms with Crippen molar-refractivity contribution in [2.45, 2.75) is 0 Å². The zero-order chi connectivity index (χ0) is 3.41. The first-order chi connectivity index (χ1) is 1.91. The van der Waals surface area contributed by atoms with Gasteiger partial charge in [0.1, 0.15) is 6.26 Å². The SMILES string of the molecule is C=COO.[CH3-].[Cm].[Rf]. The van der Waals surface area contributed by atoms with Gasteiger partial charge in [-0.05, 0) is 0 Å². The molecule has 0 saturated carbocycles. The second-order valence-corrected chi connectivity index (χ2v) is 0.272. The summed E-state index contributed by atoms with van der Waals surface area (Å²) in [4.78, 5) is 3.31. The standard InChI is InChI=1S/C2H4O2.CH3.Cm.Rf/c1-2-4-3;;;/h2-3H,1H2;1H3;;/q;-1;;. The van der Waals surface area contributed by atoms with Gasteiger partial charge in [0.05, 0.1) is 0 Å². The molecule has 0 atom stereocenters. The second kappa shape index (κ2) is 87.5. The zero-order valence-corrected chi connectivity index (χ0v) is 13.5. The molecule has 0 aliphatic rings. The van der Waals surface area contributed by atoms with Crippen molar-refractivity contribution >= 4 is 0 Å². The molecule has 0 aromatic carbocycles. The van der Waals surface area contributed by atoms with Crippen LogP contribution in [-0.4, -0.2) is 5.26 Å². The van der Waals surface area contributed by atoms with Gasteiger partial charge in [-0.15, -0.1) is 0 Å². The van der Waals surface area contributed by atoms with E-state index < -0.39 is 0 Å². The Bertz CT molecular complexity index is 26.9. The first kappa shape index (κ1) is 220. The summed E-state index contributed by atoms with van der Waals surface area (Å²) in [5, 5.41) is 7.26. The Kier molecular flexibility index (Phi) is 2760. The van der Waals surface area contributed by atoms with E-state index in [-0.39, 0.29) is 7.43 Å². The van der Waals surface area contributed by atoms with Crippen LogP contribution in [-0.2, 0) is 4.89 Å². The van der Waals surface area contributed by atoms with Crippen molar-refractivity contribution in [1.82, 2.24) is 0 Å². The normalized spacial score (nSPS) is 3.00. The maximum absolute atomic E-state index is 7.26. The summed E-state index contributed by atoms with van der Waals surface area (Å²) in [7, 11) is 0. The molecule has 0 heterocycles. The van der Waals surface area contributed by atoms with Gasteiger partial charge in [-0.3, -0.25) is 0 Å². The van der Waals surface area contributed by atoms with Crippen molar-refractivity contribution in [3.8, 4) is 0 Å². The Morgan fingerprint density at radius 1 is 1.57 bits per heavy atom. The summed E-state index contributed by atoms with van der Waals surface area (Å²) in [6.07, 6.45) is 0.931. The summed E-state index contributed by atoms with van der Waals surface area (Å²) in [5.74, 6) is 0. The van der Waals surface area contributed by atoms with Gasteiger partial charge >= 0.3 is 0 Å². The molecule has 0 bridgehead atoms. The molecule has 0 unspecified atom stereocenters. The predicted molar refractivity (Wildman–Crippen MR) is 20.3 cm³/mol. The molecular formula is C3H7CmO2Rf-. The van der Waals surface area contributed by atoms with E-state index in [0.717, 1.165) is 6.26 Å². The maximum Gasteiger partial charge on any atom is 0.122 e. The molecule has 0 radical (unpaired) electrons. The van der Waals surface area contributed by atoms with Crippen molar-refractivity contribution in [3.05, 3.63) is 20.3 Å². The van der Waals surface area contributed by atoms with Crippen LogP contribution in [0.25, 0.3) is 0 Å². The van der Waals surface area contributed by atoms with Crippen LogP contribution in [0.3, 0.4) is 0 Å². The van der Waals surface area contributed by atoms with Crippen LogP contribution < -0.4 is 0 Å². The molecule has 2 nitrogen and oxygen atoms in total. The third-order valence-corrected chi connectivity index (χ3v) is 0.0745. The topological polar surface area (TPSA) is 29.5 Å². The summed E-state index contributed by atoms with van der Waals surface area (Å²) < 4.78 is 0. The van der Waals surface area contributed by atoms with Crippen LogP contribution in [0, 0.1) is 7.43 Å². The van der Waals surface area contributed by atoms with Crippen molar-refractivity contribution in [1.29, 1.82) is 0 Å². The third kappa shape index (κ3) is 3.50. The molecule has 1 N–H and O–H groups in total. The predicted octanol–water partition coefficient (Wildman–Crippen LogP) is 1.07. The van der Waals surface area contributed by atoms with Gasteiger partial charge in [-0.25, -0.2) is 5.26 Å². The van der Waals surface area contributed by atoms with Crippen molar-refractivity contribution < 1.29 is 10.1 Å². The third-order valence-electron chi connectivity index (χ3n) is 0.0745. The van der Waals surface area contributed by atoms with Gasteiger partial charge in [0, 0.05) is 0 Å². The molecule has 0 rings (SSSR count). The largest absolute Gasteiger partial charge is 0.358 e. The average Bonchev–Trinajstić information content (AvgIpc) is 1.37. The van der Waals surface area contributed by atoms with E-state index in [1.165, 1.54) is 0 Å². The molecule has 0 aromatic heterocycles. The van der Waals surface area contributed by atoms with Gasteiger partial charge in [-0.1, -0.05) is 6.58 Å². The van der Waals surface area contributed by atoms with E-state index in [9.17, 15) is 0 Å². The Labute approximate surface area is 31.6 Å². The summed E-state index contributed by atoms with van der Waals surface area (Å²) in [6.45, 7) is 3.01. The van der Waals surface area contributed by atoms with E-state index in [4.69, 9.17) is 5.26 Å². The Balaban J connectivity index is -0.0000000150. The molecule has 0 aromatic rings. The quantitative estimate of drug-likeness (QED) is 0.215. The molecule has 0 amide bonds. The Hall–Kier alpha value is -2.50. The number of rotatable bonds is 1. The van der Waals surface area contributed by atoms with E-state index >= 15 is 0 Å². The van der Waals surface area contributed by atoms with Crippen LogP contribution in [0.1, 0.15) is 0 Å². The van der Waals surface area contributed by atoms with Crippen molar-refractivity contribution in [3.63, 3.8) is 0 Å². The van der Waals surface area contributed by atoms with Crippen molar-refractivity contribution in [2.24, 2.45) is 0 Å². The monoisotopic (exact) mass is 585 g/mol. The first-order valence-electron chi connectivity index (χ1n) is 0.827. The molecular weight excluding hydrogens is 582 g/mol. The van der Waals surface area contributed by atoms with E-state index in [0.29, 0.717) is 0 Å². The minimum Gasteiger partial charge on any atom is -0.358 e. The zero-order valence-electron chi connectivity index (χ0n) is 4.20. The smallest absolute Gasteiger partial charge is 0.122 e. The van der Waals surface area contributed by atoms with Crippen LogP contribution in [0.5, 0.6) is 0 Å². The van der Waals surface area contributed by atoms with E-state index in [1.807, 2.05) is 0 Å². The molecule has 0 aliphatic heterocycles. The first-order valence-corrected chi connectivity index (χ1v) is 0.827. The average molecular weight is 589 g/mol. The molecule has 0 aliphatic carbocycles. The minimum atomic E-state index is 0. The van der Waals surface area contributed by atoms with Gasteiger partial charge in [-0.2, -0.15) is 0 Å². The summed E-state index contributed by atoms with van der Waals surface area (Å²) >= 11 is 0. The van der Waals surface area contributed by atoms with Crippen molar-refractivity contribution in [2.75, 3.05) is 0 Å². The van der Waals surface area contributed by atoms with Crippen LogP contribution >= 0.6 is 0 Å². The van der Waals surface area contributed by atoms with E-state index in [2.05, 4.69) is 11.5 Å². The molecule has 7 heavy (non-hydrogen) atoms. The summed E-state index contributed by atoms with van der Waals surface area (Å²) in [6, 6.07) is 0. The maximum atomic E-state index is 7.26. The van der Waals surface area contributed by atoms with Crippen LogP contribution in [0.15, 0.2) is 12.8 Å². The van der Waals surface area contributed by atoms with Gasteiger partial charge in [0.25, 0.3) is 0 Å². The van der Waals surface area contributed by atoms with Crippen LogP contribution in [0.2, 0.25) is 0 Å².